The number of nitrogens with one attached hydrogen (secondary N) is 1. The van der Waals surface area contributed by atoms with Crippen molar-refractivity contribution in [2.24, 2.45) is 0 Å². The summed E-state index contributed by atoms with van der Waals surface area (Å²) in [5, 5.41) is 3.16. The van der Waals surface area contributed by atoms with Gasteiger partial charge in [-0.1, -0.05) is 42.3 Å². The summed E-state index contributed by atoms with van der Waals surface area (Å²) in [4.78, 5) is 39.1. The van der Waals surface area contributed by atoms with E-state index in [2.05, 4.69) is 5.32 Å². The monoisotopic (exact) mass is 494 g/mol. The smallest absolute Gasteiger partial charge is 0.343 e. The Labute approximate surface area is 206 Å². The van der Waals surface area contributed by atoms with Gasteiger partial charge in [-0.2, -0.15) is 0 Å². The van der Waals surface area contributed by atoms with Gasteiger partial charge in [-0.3, -0.25) is 9.59 Å². The number of benzene rings is 3. The Morgan fingerprint density at radius 2 is 1.62 bits per heavy atom. The third kappa shape index (κ3) is 4.69. The van der Waals surface area contributed by atoms with E-state index in [9.17, 15) is 14.4 Å². The molecule has 0 spiro atoms. The van der Waals surface area contributed by atoms with Crippen molar-refractivity contribution in [3.05, 3.63) is 99.2 Å². The molecule has 6 nitrogen and oxygen atoms in total. The van der Waals surface area contributed by atoms with Gasteiger partial charge in [0, 0.05) is 10.7 Å². The van der Waals surface area contributed by atoms with Crippen molar-refractivity contribution in [1.82, 2.24) is 0 Å². The number of halogens is 2. The molecule has 1 aliphatic heterocycles. The van der Waals surface area contributed by atoms with Crippen LogP contribution < -0.4 is 15.0 Å². The van der Waals surface area contributed by atoms with Gasteiger partial charge >= 0.3 is 5.97 Å². The first-order valence-corrected chi connectivity index (χ1v) is 11.3. The van der Waals surface area contributed by atoms with Crippen molar-refractivity contribution in [1.29, 1.82) is 0 Å². The van der Waals surface area contributed by atoms with Crippen molar-refractivity contribution in [3.8, 4) is 5.75 Å². The largest absolute Gasteiger partial charge is 0.423 e. The van der Waals surface area contributed by atoms with E-state index >= 15 is 0 Å². The van der Waals surface area contributed by atoms with Gasteiger partial charge in [0.1, 0.15) is 16.5 Å². The first-order valence-electron chi connectivity index (χ1n) is 10.5. The minimum absolute atomic E-state index is 0.0487. The molecule has 0 unspecified atom stereocenters. The van der Waals surface area contributed by atoms with E-state index in [0.717, 1.165) is 16.9 Å². The highest BCUT2D eigenvalue weighted by Gasteiger charge is 2.39. The molecule has 3 aromatic carbocycles. The van der Waals surface area contributed by atoms with E-state index in [-0.39, 0.29) is 10.7 Å². The zero-order chi connectivity index (χ0) is 24.4. The molecule has 1 heterocycles. The summed E-state index contributed by atoms with van der Waals surface area (Å²) < 4.78 is 5.40. The first-order chi connectivity index (χ1) is 16.3. The van der Waals surface area contributed by atoms with E-state index in [4.69, 9.17) is 27.9 Å². The number of carbonyl (C=O) groups excluding carboxylic acids is 3. The summed E-state index contributed by atoms with van der Waals surface area (Å²) in [6, 6.07) is 18.5. The van der Waals surface area contributed by atoms with Gasteiger partial charge in [-0.05, 0) is 79.1 Å². The number of aryl methyl sites for hydroxylation is 2. The average Bonchev–Trinajstić information content (AvgIpc) is 3.03. The summed E-state index contributed by atoms with van der Waals surface area (Å²) in [6.07, 6.45) is 0.897. The number of carbonyl (C=O) groups is 3. The number of rotatable bonds is 6. The lowest BCUT2D eigenvalue weighted by atomic mass is 10.1. The second-order valence-electron chi connectivity index (χ2n) is 7.65. The molecule has 0 bridgehead atoms. The molecule has 1 aliphatic rings. The summed E-state index contributed by atoms with van der Waals surface area (Å²) >= 11 is 12.2. The second-order valence-corrected chi connectivity index (χ2v) is 8.47. The highest BCUT2D eigenvalue weighted by Crippen LogP contribution is 2.33. The Kier molecular flexibility index (Phi) is 6.72. The van der Waals surface area contributed by atoms with Crippen molar-refractivity contribution in [2.45, 2.75) is 20.3 Å². The van der Waals surface area contributed by atoms with Crippen molar-refractivity contribution < 1.29 is 19.1 Å². The molecule has 0 fully saturated rings. The van der Waals surface area contributed by atoms with Gasteiger partial charge in [0.2, 0.25) is 0 Å². The van der Waals surface area contributed by atoms with Crippen LogP contribution in [0.15, 0.2) is 77.5 Å². The van der Waals surface area contributed by atoms with E-state index in [1.165, 1.54) is 0 Å². The molecule has 0 aliphatic carbocycles. The molecule has 34 heavy (non-hydrogen) atoms. The molecule has 2 amide bonds. The van der Waals surface area contributed by atoms with Crippen molar-refractivity contribution in [2.75, 3.05) is 10.2 Å². The topological polar surface area (TPSA) is 75.7 Å². The van der Waals surface area contributed by atoms with Crippen LogP contribution in [-0.2, 0) is 16.0 Å². The summed E-state index contributed by atoms with van der Waals surface area (Å²) in [7, 11) is 0. The number of nitrogens with zero attached hydrogens (tertiary/aromatic N) is 1. The summed E-state index contributed by atoms with van der Waals surface area (Å²) in [5.41, 5.74) is 2.97. The Morgan fingerprint density at radius 3 is 2.24 bits per heavy atom. The summed E-state index contributed by atoms with van der Waals surface area (Å²) in [6.45, 7) is 3.79. The number of amides is 2. The fourth-order valence-corrected chi connectivity index (χ4v) is 3.93. The molecule has 4 rings (SSSR count). The van der Waals surface area contributed by atoms with Gasteiger partial charge in [0.25, 0.3) is 11.8 Å². The van der Waals surface area contributed by atoms with E-state index in [0.29, 0.717) is 33.3 Å². The molecular weight excluding hydrogens is 475 g/mol. The highest BCUT2D eigenvalue weighted by molar-refractivity contribution is 6.53. The molecule has 0 radical (unpaired) electrons. The number of imide groups is 1. The van der Waals surface area contributed by atoms with Gasteiger partial charge in [-0.25, -0.2) is 9.69 Å². The maximum Gasteiger partial charge on any atom is 0.343 e. The third-order valence-electron chi connectivity index (χ3n) is 5.36. The molecular formula is C26H20Cl2N2O4. The van der Waals surface area contributed by atoms with Gasteiger partial charge in [-0.15, -0.1) is 0 Å². The number of esters is 1. The maximum absolute atomic E-state index is 13.0. The highest BCUT2D eigenvalue weighted by atomic mass is 35.5. The Hall–Kier alpha value is -3.61. The predicted molar refractivity (Wildman–Crippen MR) is 132 cm³/mol. The molecule has 172 valence electrons. The van der Waals surface area contributed by atoms with Crippen molar-refractivity contribution >= 4 is 52.4 Å². The number of ether oxygens (including phenoxy) is 1. The number of hydrogen-bond donors (Lipinski definition) is 1. The van der Waals surface area contributed by atoms with Gasteiger partial charge in [0.05, 0.1) is 11.3 Å². The molecule has 0 saturated carbocycles. The van der Waals surface area contributed by atoms with Crippen molar-refractivity contribution in [3.63, 3.8) is 0 Å². The molecule has 0 aromatic heterocycles. The Morgan fingerprint density at radius 1 is 0.941 bits per heavy atom. The lowest BCUT2D eigenvalue weighted by Crippen LogP contribution is -2.32. The Balaban J connectivity index is 1.47. The van der Waals surface area contributed by atoms with Crippen LogP contribution in [0.3, 0.4) is 0 Å². The fraction of sp³-hybridized carbons (Fsp3) is 0.115. The lowest BCUT2D eigenvalue weighted by Gasteiger charge is -2.17. The molecule has 8 heteroatoms. The van der Waals surface area contributed by atoms with Crippen LogP contribution in [0.2, 0.25) is 5.02 Å². The van der Waals surface area contributed by atoms with Gasteiger partial charge in [0.15, 0.2) is 0 Å². The van der Waals surface area contributed by atoms with Crippen LogP contribution in [0.25, 0.3) is 0 Å². The minimum atomic E-state index is -0.631. The summed E-state index contributed by atoms with van der Waals surface area (Å²) in [5.74, 6) is -1.27. The van der Waals surface area contributed by atoms with Crippen LogP contribution in [0.4, 0.5) is 11.4 Å². The Bertz CT molecular complexity index is 1320. The van der Waals surface area contributed by atoms with Crippen LogP contribution in [-0.4, -0.2) is 17.8 Å². The lowest BCUT2D eigenvalue weighted by molar-refractivity contribution is -0.120. The van der Waals surface area contributed by atoms with Gasteiger partial charge < -0.3 is 10.1 Å². The van der Waals surface area contributed by atoms with Crippen LogP contribution in [0.5, 0.6) is 5.75 Å². The molecule has 0 saturated heterocycles. The third-order valence-corrected chi connectivity index (χ3v) is 5.94. The molecule has 1 N–H and O–H groups in total. The van der Waals surface area contributed by atoms with E-state index < -0.39 is 17.8 Å². The number of hydrogen-bond acceptors (Lipinski definition) is 5. The maximum atomic E-state index is 13.0. The standard InChI is InChI=1S/C26H20Cl2N2O4/c1-3-16-4-11-20(12-5-16)34-26(33)17-6-9-19(10-7-17)29-23-22(28)24(31)30(25(23)32)21-13-8-18(27)14-15(21)2/h4-14,29H,3H2,1-2H3. The average molecular weight is 495 g/mol. The zero-order valence-corrected chi connectivity index (χ0v) is 19.9. The van der Waals surface area contributed by atoms with Crippen LogP contribution >= 0.6 is 23.2 Å². The number of anilines is 2. The zero-order valence-electron chi connectivity index (χ0n) is 18.4. The van der Waals surface area contributed by atoms with E-state index in [1.54, 1.807) is 61.5 Å². The SMILES string of the molecule is CCc1ccc(OC(=O)c2ccc(NC3=C(Cl)C(=O)N(c4ccc(Cl)cc4C)C3=O)cc2)cc1. The quantitative estimate of drug-likeness (QED) is 0.263. The molecule has 3 aromatic rings. The predicted octanol–water partition coefficient (Wildman–Crippen LogP) is 5.87. The first kappa shape index (κ1) is 23.5. The second kappa shape index (κ2) is 9.71. The fourth-order valence-electron chi connectivity index (χ4n) is 3.49. The van der Waals surface area contributed by atoms with Crippen LogP contribution in [0.1, 0.15) is 28.4 Å². The minimum Gasteiger partial charge on any atom is -0.423 e. The molecule has 0 atom stereocenters. The van der Waals surface area contributed by atoms with Crippen LogP contribution in [0, 0.1) is 6.92 Å². The van der Waals surface area contributed by atoms with E-state index in [1.807, 2.05) is 19.1 Å². The normalized spacial score (nSPS) is 13.5.